The number of hydrogen-bond donors (Lipinski definition) is 1. The SMILES string of the molecule is CC1=C(c2nc(-c3cccc(C)c3)no2)C(c2ccc(F)cc2)NC(=O)N1c1ccc(C)c(C)c1. The van der Waals surface area contributed by atoms with Crippen LogP contribution in [-0.2, 0) is 0 Å². The molecule has 1 atom stereocenters. The minimum atomic E-state index is -0.586. The normalized spacial score (nSPS) is 16.0. The molecule has 0 saturated heterocycles. The van der Waals surface area contributed by atoms with Crippen molar-refractivity contribution >= 4 is 17.3 Å². The number of rotatable bonds is 4. The van der Waals surface area contributed by atoms with Crippen molar-refractivity contribution in [1.82, 2.24) is 15.5 Å². The number of halogens is 1. The number of carbonyl (C=O) groups is 1. The van der Waals surface area contributed by atoms with Crippen molar-refractivity contribution in [2.45, 2.75) is 33.7 Å². The first kappa shape index (κ1) is 22.5. The molecule has 2 heterocycles. The van der Waals surface area contributed by atoms with Crippen molar-refractivity contribution in [3.8, 4) is 11.4 Å². The molecule has 176 valence electrons. The van der Waals surface area contributed by atoms with Gasteiger partial charge in [0.25, 0.3) is 5.89 Å². The fourth-order valence-electron chi connectivity index (χ4n) is 4.34. The molecular weight excluding hydrogens is 443 g/mol. The molecule has 1 aromatic heterocycles. The van der Waals surface area contributed by atoms with Crippen molar-refractivity contribution in [3.05, 3.63) is 106 Å². The molecule has 1 N–H and O–H groups in total. The zero-order valence-electron chi connectivity index (χ0n) is 20.0. The molecule has 2 amide bonds. The summed E-state index contributed by atoms with van der Waals surface area (Å²) in [4.78, 5) is 19.6. The number of aryl methyl sites for hydroxylation is 3. The zero-order valence-corrected chi connectivity index (χ0v) is 20.0. The lowest BCUT2D eigenvalue weighted by atomic mass is 9.94. The molecule has 6 nitrogen and oxygen atoms in total. The van der Waals surface area contributed by atoms with E-state index in [0.717, 1.165) is 27.9 Å². The lowest BCUT2D eigenvalue weighted by Crippen LogP contribution is -2.46. The van der Waals surface area contributed by atoms with Crippen LogP contribution in [0, 0.1) is 26.6 Å². The third-order valence-electron chi connectivity index (χ3n) is 6.37. The number of benzene rings is 3. The van der Waals surface area contributed by atoms with Gasteiger partial charge in [0.1, 0.15) is 5.82 Å². The number of carbonyl (C=O) groups excluding carboxylic acids is 1. The molecule has 0 fully saturated rings. The molecule has 0 saturated carbocycles. The summed E-state index contributed by atoms with van der Waals surface area (Å²) in [5, 5.41) is 7.26. The average molecular weight is 469 g/mol. The number of amides is 2. The second kappa shape index (κ2) is 8.83. The van der Waals surface area contributed by atoms with E-state index in [2.05, 4.69) is 15.5 Å². The van der Waals surface area contributed by atoms with Crippen LogP contribution in [0.4, 0.5) is 14.9 Å². The van der Waals surface area contributed by atoms with Gasteiger partial charge < -0.3 is 9.84 Å². The monoisotopic (exact) mass is 468 g/mol. The second-order valence-corrected chi connectivity index (χ2v) is 8.83. The molecule has 0 spiro atoms. The topological polar surface area (TPSA) is 71.3 Å². The molecule has 1 aliphatic rings. The van der Waals surface area contributed by atoms with Crippen molar-refractivity contribution in [2.24, 2.45) is 0 Å². The van der Waals surface area contributed by atoms with Crippen molar-refractivity contribution < 1.29 is 13.7 Å². The van der Waals surface area contributed by atoms with Crippen LogP contribution in [-0.4, -0.2) is 16.2 Å². The summed E-state index contributed by atoms with van der Waals surface area (Å²) >= 11 is 0. The summed E-state index contributed by atoms with van der Waals surface area (Å²) in [5.41, 5.74) is 6.88. The Kier molecular flexibility index (Phi) is 5.68. The first-order valence-electron chi connectivity index (χ1n) is 11.4. The zero-order chi connectivity index (χ0) is 24.7. The molecule has 0 radical (unpaired) electrons. The maximum atomic E-state index is 13.7. The number of allylic oxidation sites excluding steroid dienone is 1. The second-order valence-electron chi connectivity index (χ2n) is 8.83. The highest BCUT2D eigenvalue weighted by atomic mass is 19.1. The molecule has 4 aromatic rings. The Hall–Kier alpha value is -4.26. The van der Waals surface area contributed by atoms with E-state index in [1.807, 2.05) is 70.2 Å². The molecule has 3 aromatic carbocycles. The fourth-order valence-corrected chi connectivity index (χ4v) is 4.34. The van der Waals surface area contributed by atoms with Gasteiger partial charge in [0.15, 0.2) is 0 Å². The van der Waals surface area contributed by atoms with Crippen LogP contribution in [0.1, 0.15) is 41.1 Å². The predicted octanol–water partition coefficient (Wildman–Crippen LogP) is 6.50. The minimum absolute atomic E-state index is 0.290. The van der Waals surface area contributed by atoms with Crippen LogP contribution in [0.5, 0.6) is 0 Å². The number of nitrogens with one attached hydrogen (secondary N) is 1. The van der Waals surface area contributed by atoms with E-state index in [9.17, 15) is 9.18 Å². The molecule has 1 unspecified atom stereocenters. The summed E-state index contributed by atoms with van der Waals surface area (Å²) in [6.45, 7) is 7.89. The number of hydrogen-bond acceptors (Lipinski definition) is 4. The number of nitrogens with zero attached hydrogens (tertiary/aromatic N) is 3. The Morgan fingerprint density at radius 3 is 2.43 bits per heavy atom. The fraction of sp³-hybridized carbons (Fsp3) is 0.179. The first-order valence-corrected chi connectivity index (χ1v) is 11.4. The Morgan fingerprint density at radius 1 is 0.943 bits per heavy atom. The van der Waals surface area contributed by atoms with E-state index in [4.69, 9.17) is 4.52 Å². The highest BCUT2D eigenvalue weighted by Crippen LogP contribution is 2.39. The van der Waals surface area contributed by atoms with Gasteiger partial charge in [0.2, 0.25) is 5.82 Å². The maximum Gasteiger partial charge on any atom is 0.326 e. The van der Waals surface area contributed by atoms with E-state index in [1.165, 1.54) is 12.1 Å². The first-order chi connectivity index (χ1) is 16.8. The van der Waals surface area contributed by atoms with Crippen LogP contribution in [0.3, 0.4) is 0 Å². The highest BCUT2D eigenvalue weighted by Gasteiger charge is 2.36. The Bertz CT molecular complexity index is 1460. The summed E-state index contributed by atoms with van der Waals surface area (Å²) in [5.74, 6) is 0.396. The van der Waals surface area contributed by atoms with E-state index < -0.39 is 6.04 Å². The van der Waals surface area contributed by atoms with Gasteiger partial charge in [-0.3, -0.25) is 4.90 Å². The summed E-state index contributed by atoms with van der Waals surface area (Å²) in [6.07, 6.45) is 0. The third kappa shape index (κ3) is 4.21. The summed E-state index contributed by atoms with van der Waals surface area (Å²) in [7, 11) is 0. The van der Waals surface area contributed by atoms with Gasteiger partial charge in [-0.1, -0.05) is 47.1 Å². The van der Waals surface area contributed by atoms with E-state index >= 15 is 0 Å². The van der Waals surface area contributed by atoms with Gasteiger partial charge in [-0.15, -0.1) is 0 Å². The lowest BCUT2D eigenvalue weighted by molar-refractivity contribution is 0.244. The van der Waals surface area contributed by atoms with Crippen molar-refractivity contribution in [2.75, 3.05) is 4.90 Å². The van der Waals surface area contributed by atoms with Crippen LogP contribution in [0.2, 0.25) is 0 Å². The number of anilines is 1. The van der Waals surface area contributed by atoms with E-state index in [-0.39, 0.29) is 11.8 Å². The summed E-state index contributed by atoms with van der Waals surface area (Å²) < 4.78 is 19.4. The quantitative estimate of drug-likeness (QED) is 0.371. The standard InChI is InChI=1S/C28H25FN4O2/c1-16-6-5-7-21(14-16)26-31-27(35-32-26)24-19(4)33(23-13-8-17(2)18(3)15-23)28(34)30-25(24)20-9-11-22(29)12-10-20/h5-15,25H,1-4H3,(H,30,34). The molecule has 35 heavy (non-hydrogen) atoms. The van der Waals surface area contributed by atoms with E-state index in [1.54, 1.807) is 17.0 Å². The summed E-state index contributed by atoms with van der Waals surface area (Å²) in [6, 6.07) is 18.9. The van der Waals surface area contributed by atoms with Gasteiger partial charge in [-0.25, -0.2) is 9.18 Å². The van der Waals surface area contributed by atoms with Gasteiger partial charge >= 0.3 is 6.03 Å². The third-order valence-corrected chi connectivity index (χ3v) is 6.37. The van der Waals surface area contributed by atoms with Crippen LogP contribution >= 0.6 is 0 Å². The molecule has 7 heteroatoms. The van der Waals surface area contributed by atoms with Crippen LogP contribution in [0.15, 0.2) is 77.0 Å². The van der Waals surface area contributed by atoms with Gasteiger partial charge in [-0.05, 0) is 74.7 Å². The molecule has 1 aliphatic heterocycles. The minimum Gasteiger partial charge on any atom is -0.334 e. The molecule has 0 bridgehead atoms. The van der Waals surface area contributed by atoms with Gasteiger partial charge in [-0.2, -0.15) is 4.98 Å². The molecular formula is C28H25FN4O2. The van der Waals surface area contributed by atoms with Crippen molar-refractivity contribution in [1.29, 1.82) is 0 Å². The van der Waals surface area contributed by atoms with Crippen molar-refractivity contribution in [3.63, 3.8) is 0 Å². The smallest absolute Gasteiger partial charge is 0.326 e. The Labute approximate surface area is 203 Å². The van der Waals surface area contributed by atoms with Crippen LogP contribution < -0.4 is 10.2 Å². The van der Waals surface area contributed by atoms with Crippen LogP contribution in [0.25, 0.3) is 17.0 Å². The number of aromatic nitrogens is 2. The highest BCUT2D eigenvalue weighted by molar-refractivity contribution is 6.01. The number of urea groups is 1. The van der Waals surface area contributed by atoms with Gasteiger partial charge in [0, 0.05) is 11.3 Å². The maximum absolute atomic E-state index is 13.7. The molecule has 0 aliphatic carbocycles. The largest absolute Gasteiger partial charge is 0.334 e. The van der Waals surface area contributed by atoms with Gasteiger partial charge in [0.05, 0.1) is 17.3 Å². The lowest BCUT2D eigenvalue weighted by Gasteiger charge is -2.35. The predicted molar refractivity (Wildman–Crippen MR) is 133 cm³/mol. The molecule has 5 rings (SSSR count). The average Bonchev–Trinajstić information content (AvgIpc) is 3.31. The Morgan fingerprint density at radius 2 is 1.71 bits per heavy atom. The Balaban J connectivity index is 1.66. The van der Waals surface area contributed by atoms with E-state index in [0.29, 0.717) is 28.5 Å².